The number of methoxy groups -OCH3 is 2. The zero-order valence-corrected chi connectivity index (χ0v) is 18.0. The largest absolute Gasteiger partial charge is 0.497 e. The summed E-state index contributed by atoms with van der Waals surface area (Å²) in [6.45, 7) is 5.10. The van der Waals surface area contributed by atoms with E-state index in [9.17, 15) is 19.2 Å². The van der Waals surface area contributed by atoms with Gasteiger partial charge in [-0.25, -0.2) is 9.59 Å². The monoisotopic (exact) mass is 419 g/mol. The number of esters is 1. The van der Waals surface area contributed by atoms with Crippen molar-refractivity contribution in [3.05, 3.63) is 29.8 Å². The number of nitrogens with one attached hydrogen (secondary N) is 2. The molecule has 2 atom stereocenters. The summed E-state index contributed by atoms with van der Waals surface area (Å²) in [5.41, 5.74) is -0.664. The molecule has 9 heteroatoms. The average molecular weight is 419 g/mol. The molecule has 0 saturated carbocycles. The van der Waals surface area contributed by atoms with E-state index in [1.54, 1.807) is 31.2 Å². The molecule has 1 aromatic carbocycles. The normalized spacial score (nSPS) is 19.5. The average Bonchev–Trinajstić information content (AvgIpc) is 2.97. The van der Waals surface area contributed by atoms with E-state index in [1.807, 2.05) is 13.8 Å². The summed E-state index contributed by atoms with van der Waals surface area (Å²) in [6.07, 6.45) is 0.684. The van der Waals surface area contributed by atoms with Crippen LogP contribution in [-0.2, 0) is 24.7 Å². The third kappa shape index (κ3) is 4.72. The van der Waals surface area contributed by atoms with E-state index in [2.05, 4.69) is 10.6 Å². The molecule has 0 aliphatic carbocycles. The molecule has 0 bridgehead atoms. The number of rotatable bonds is 9. The van der Waals surface area contributed by atoms with Gasteiger partial charge in [0.15, 0.2) is 0 Å². The molecule has 4 amide bonds. The smallest absolute Gasteiger partial charge is 0.328 e. The van der Waals surface area contributed by atoms with Gasteiger partial charge in [-0.05, 0) is 36.5 Å². The first-order valence-electron chi connectivity index (χ1n) is 9.84. The first-order valence-corrected chi connectivity index (χ1v) is 9.84. The van der Waals surface area contributed by atoms with Crippen LogP contribution in [0, 0.1) is 5.92 Å². The molecule has 0 aromatic heterocycles. The van der Waals surface area contributed by atoms with Crippen molar-refractivity contribution >= 4 is 23.8 Å². The molecule has 9 nitrogen and oxygen atoms in total. The van der Waals surface area contributed by atoms with Crippen LogP contribution in [0.4, 0.5) is 4.79 Å². The lowest BCUT2D eigenvalue weighted by molar-refractivity contribution is -0.145. The minimum Gasteiger partial charge on any atom is -0.497 e. The Labute approximate surface area is 176 Å². The van der Waals surface area contributed by atoms with Crippen LogP contribution < -0.4 is 15.4 Å². The summed E-state index contributed by atoms with van der Waals surface area (Å²) in [5.74, 6) is -0.952. The molecule has 1 aromatic rings. The van der Waals surface area contributed by atoms with Crippen molar-refractivity contribution in [3.8, 4) is 5.75 Å². The molecular weight excluding hydrogens is 390 g/mol. The molecule has 0 radical (unpaired) electrons. The standard InChI is InChI=1S/C21H29N3O6/c1-6-21(14-7-9-15(29-4)10-8-14)19(27)24(20(28)23-21)12-17(25)22-16(11-13(2)3)18(26)30-5/h7-10,13,16H,6,11-12H2,1-5H3,(H,22,25)(H,23,28)/t16-,21-/m1/s1. The second-order valence-electron chi connectivity index (χ2n) is 7.58. The second kappa shape index (κ2) is 9.60. The number of carbonyl (C=O) groups is 4. The number of nitrogens with zero attached hydrogens (tertiary/aromatic N) is 1. The number of carbonyl (C=O) groups excluding carboxylic acids is 4. The van der Waals surface area contributed by atoms with Crippen LogP contribution in [0.15, 0.2) is 24.3 Å². The lowest BCUT2D eigenvalue weighted by atomic mass is 9.87. The van der Waals surface area contributed by atoms with Crippen LogP contribution in [0.1, 0.15) is 39.2 Å². The maximum absolute atomic E-state index is 13.2. The Morgan fingerprint density at radius 2 is 1.80 bits per heavy atom. The maximum atomic E-state index is 13.2. The fourth-order valence-corrected chi connectivity index (χ4v) is 3.50. The zero-order chi connectivity index (χ0) is 22.5. The number of hydrogen-bond donors (Lipinski definition) is 2. The van der Waals surface area contributed by atoms with E-state index in [0.29, 0.717) is 24.2 Å². The van der Waals surface area contributed by atoms with Gasteiger partial charge in [0.05, 0.1) is 14.2 Å². The molecule has 164 valence electrons. The van der Waals surface area contributed by atoms with Crippen LogP contribution in [0.3, 0.4) is 0 Å². The lowest BCUT2D eigenvalue weighted by Gasteiger charge is -2.26. The fraction of sp³-hybridized carbons (Fsp3) is 0.524. The Bertz CT molecular complexity index is 807. The minimum absolute atomic E-state index is 0.133. The van der Waals surface area contributed by atoms with Gasteiger partial charge in [-0.3, -0.25) is 14.5 Å². The van der Waals surface area contributed by atoms with Gasteiger partial charge >= 0.3 is 12.0 Å². The summed E-state index contributed by atoms with van der Waals surface area (Å²) < 4.78 is 9.87. The number of urea groups is 1. The molecule has 1 aliphatic rings. The van der Waals surface area contributed by atoms with Gasteiger partial charge in [0, 0.05) is 0 Å². The van der Waals surface area contributed by atoms with E-state index in [4.69, 9.17) is 9.47 Å². The van der Waals surface area contributed by atoms with E-state index in [-0.39, 0.29) is 5.92 Å². The molecule has 0 spiro atoms. The predicted molar refractivity (Wildman–Crippen MR) is 109 cm³/mol. The fourth-order valence-electron chi connectivity index (χ4n) is 3.50. The van der Waals surface area contributed by atoms with Gasteiger partial charge in [0.2, 0.25) is 5.91 Å². The molecular formula is C21H29N3O6. The van der Waals surface area contributed by atoms with Gasteiger partial charge in [0.1, 0.15) is 23.9 Å². The summed E-state index contributed by atoms with van der Waals surface area (Å²) in [6, 6.07) is 5.31. The second-order valence-corrected chi connectivity index (χ2v) is 7.58. The molecule has 2 rings (SSSR count). The first-order chi connectivity index (χ1) is 14.2. The number of benzene rings is 1. The maximum Gasteiger partial charge on any atom is 0.328 e. The van der Waals surface area contributed by atoms with Crippen LogP contribution in [0.2, 0.25) is 0 Å². The highest BCUT2D eigenvalue weighted by molar-refractivity contribution is 6.09. The molecule has 1 heterocycles. The van der Waals surface area contributed by atoms with Crippen molar-refractivity contribution < 1.29 is 28.7 Å². The van der Waals surface area contributed by atoms with E-state index in [1.165, 1.54) is 14.2 Å². The zero-order valence-electron chi connectivity index (χ0n) is 18.0. The molecule has 1 aliphatic heterocycles. The van der Waals surface area contributed by atoms with Crippen LogP contribution in [-0.4, -0.2) is 55.5 Å². The Balaban J connectivity index is 2.18. The topological polar surface area (TPSA) is 114 Å². The van der Waals surface area contributed by atoms with Crippen molar-refractivity contribution in [2.75, 3.05) is 20.8 Å². The quantitative estimate of drug-likeness (QED) is 0.464. The van der Waals surface area contributed by atoms with Crippen LogP contribution >= 0.6 is 0 Å². The van der Waals surface area contributed by atoms with Crippen molar-refractivity contribution in [2.24, 2.45) is 5.92 Å². The first kappa shape index (κ1) is 23.2. The minimum atomic E-state index is -1.26. The highest BCUT2D eigenvalue weighted by Crippen LogP contribution is 2.33. The Kier molecular flexibility index (Phi) is 7.42. The Morgan fingerprint density at radius 3 is 2.30 bits per heavy atom. The van der Waals surface area contributed by atoms with E-state index < -0.39 is 41.9 Å². The Hall–Kier alpha value is -3.10. The van der Waals surface area contributed by atoms with E-state index in [0.717, 1.165) is 4.90 Å². The number of hydrogen-bond acceptors (Lipinski definition) is 6. The van der Waals surface area contributed by atoms with Crippen LogP contribution in [0.25, 0.3) is 0 Å². The molecule has 0 unspecified atom stereocenters. The molecule has 1 fully saturated rings. The predicted octanol–water partition coefficient (Wildman–Crippen LogP) is 1.56. The molecule has 2 N–H and O–H groups in total. The van der Waals surface area contributed by atoms with Crippen molar-refractivity contribution in [2.45, 2.75) is 45.2 Å². The van der Waals surface area contributed by atoms with Crippen molar-refractivity contribution in [3.63, 3.8) is 0 Å². The van der Waals surface area contributed by atoms with Gasteiger partial charge in [-0.15, -0.1) is 0 Å². The molecule has 1 saturated heterocycles. The lowest BCUT2D eigenvalue weighted by Crippen LogP contribution is -2.48. The van der Waals surface area contributed by atoms with Gasteiger partial charge in [-0.1, -0.05) is 32.9 Å². The third-order valence-electron chi connectivity index (χ3n) is 5.12. The van der Waals surface area contributed by atoms with Gasteiger partial charge in [0.25, 0.3) is 5.91 Å². The number of imide groups is 1. The summed E-state index contributed by atoms with van der Waals surface area (Å²) in [5, 5.41) is 5.28. The van der Waals surface area contributed by atoms with Gasteiger partial charge < -0.3 is 20.1 Å². The van der Waals surface area contributed by atoms with Crippen molar-refractivity contribution in [1.82, 2.24) is 15.5 Å². The summed E-state index contributed by atoms with van der Waals surface area (Å²) >= 11 is 0. The number of ether oxygens (including phenoxy) is 2. The summed E-state index contributed by atoms with van der Waals surface area (Å²) in [7, 11) is 2.78. The number of amides is 4. The molecule has 30 heavy (non-hydrogen) atoms. The van der Waals surface area contributed by atoms with E-state index >= 15 is 0 Å². The Morgan fingerprint density at radius 1 is 1.17 bits per heavy atom. The summed E-state index contributed by atoms with van der Waals surface area (Å²) in [4.78, 5) is 51.0. The highest BCUT2D eigenvalue weighted by atomic mass is 16.5. The van der Waals surface area contributed by atoms with Gasteiger partial charge in [-0.2, -0.15) is 0 Å². The SMILES string of the molecule is CC[C@]1(c2ccc(OC)cc2)NC(=O)N(CC(=O)N[C@H](CC(C)C)C(=O)OC)C1=O. The van der Waals surface area contributed by atoms with Crippen molar-refractivity contribution in [1.29, 1.82) is 0 Å². The van der Waals surface area contributed by atoms with Crippen LogP contribution in [0.5, 0.6) is 5.75 Å². The highest BCUT2D eigenvalue weighted by Gasteiger charge is 2.51. The third-order valence-corrected chi connectivity index (χ3v) is 5.12.